The number of nitriles is 1. The Kier molecular flexibility index (Phi) is 6.17. The van der Waals surface area contributed by atoms with E-state index in [9.17, 15) is 9.59 Å². The molecule has 3 heterocycles. The molecule has 0 aliphatic heterocycles. The van der Waals surface area contributed by atoms with Crippen LogP contribution < -0.4 is 10.6 Å². The SMILES string of the molecule is CC(C)Nc1cc(-c2ccc3cc(C#N)cnn23)ncc1C(=O)NC1CCC(C=O)CC1. The lowest BCUT2D eigenvalue weighted by Crippen LogP contribution is -2.38. The van der Waals surface area contributed by atoms with Gasteiger partial charge in [-0.1, -0.05) is 0 Å². The Balaban J connectivity index is 1.61. The molecule has 8 nitrogen and oxygen atoms in total. The number of aldehydes is 1. The van der Waals surface area contributed by atoms with Gasteiger partial charge < -0.3 is 15.4 Å². The number of hydrogen-bond donors (Lipinski definition) is 2. The first-order valence-electron chi connectivity index (χ1n) is 10.9. The number of aromatic nitrogens is 3. The van der Waals surface area contributed by atoms with E-state index in [-0.39, 0.29) is 23.9 Å². The molecule has 164 valence electrons. The fourth-order valence-electron chi connectivity index (χ4n) is 4.12. The van der Waals surface area contributed by atoms with Gasteiger partial charge in [0, 0.05) is 24.2 Å². The lowest BCUT2D eigenvalue weighted by atomic mass is 9.87. The lowest BCUT2D eigenvalue weighted by Gasteiger charge is -2.26. The first kappa shape index (κ1) is 21.5. The Labute approximate surface area is 186 Å². The molecule has 8 heteroatoms. The Morgan fingerprint density at radius 3 is 2.69 bits per heavy atom. The van der Waals surface area contributed by atoms with Gasteiger partial charge in [-0.2, -0.15) is 10.4 Å². The van der Waals surface area contributed by atoms with E-state index in [1.165, 1.54) is 6.20 Å². The zero-order chi connectivity index (χ0) is 22.7. The molecule has 4 rings (SSSR count). The van der Waals surface area contributed by atoms with Gasteiger partial charge in [0.2, 0.25) is 0 Å². The van der Waals surface area contributed by atoms with Crippen LogP contribution in [0.3, 0.4) is 0 Å². The molecule has 1 saturated carbocycles. The summed E-state index contributed by atoms with van der Waals surface area (Å²) < 4.78 is 1.73. The topological polar surface area (TPSA) is 112 Å². The average molecular weight is 431 g/mol. The Morgan fingerprint density at radius 1 is 1.22 bits per heavy atom. The van der Waals surface area contributed by atoms with Gasteiger partial charge in [0.1, 0.15) is 12.4 Å². The minimum atomic E-state index is -0.168. The van der Waals surface area contributed by atoms with Crippen molar-refractivity contribution in [3.8, 4) is 17.5 Å². The standard InChI is InChI=1S/C24H26N6O2/c1-15(2)28-21-10-22(23-8-7-19-9-17(11-25)12-27-30(19)23)26-13-20(21)24(32)29-18-5-3-16(14-31)4-6-18/h7-10,12-16,18H,3-6H2,1-2H3,(H,26,28)(H,29,32). The molecule has 0 radical (unpaired) electrons. The minimum absolute atomic E-state index is 0.0679. The second kappa shape index (κ2) is 9.18. The number of anilines is 1. The highest BCUT2D eigenvalue weighted by Gasteiger charge is 2.24. The summed E-state index contributed by atoms with van der Waals surface area (Å²) in [6.45, 7) is 4.03. The zero-order valence-electron chi connectivity index (χ0n) is 18.2. The van der Waals surface area contributed by atoms with E-state index >= 15 is 0 Å². The third kappa shape index (κ3) is 4.47. The van der Waals surface area contributed by atoms with Crippen molar-refractivity contribution >= 4 is 23.4 Å². The van der Waals surface area contributed by atoms with Crippen LogP contribution in [0.2, 0.25) is 0 Å². The maximum absolute atomic E-state index is 13.0. The van der Waals surface area contributed by atoms with Gasteiger partial charge in [-0.15, -0.1) is 0 Å². The predicted molar refractivity (Wildman–Crippen MR) is 121 cm³/mol. The van der Waals surface area contributed by atoms with Crippen LogP contribution in [-0.2, 0) is 4.79 Å². The van der Waals surface area contributed by atoms with Crippen molar-refractivity contribution in [2.75, 3.05) is 5.32 Å². The molecule has 1 amide bonds. The largest absolute Gasteiger partial charge is 0.382 e. The summed E-state index contributed by atoms with van der Waals surface area (Å²) in [7, 11) is 0. The number of hydrogen-bond acceptors (Lipinski definition) is 6. The smallest absolute Gasteiger partial charge is 0.255 e. The number of nitrogens with zero attached hydrogens (tertiary/aromatic N) is 4. The van der Waals surface area contributed by atoms with Gasteiger partial charge >= 0.3 is 0 Å². The molecular weight excluding hydrogens is 404 g/mol. The van der Waals surface area contributed by atoms with Crippen molar-refractivity contribution in [3.63, 3.8) is 0 Å². The van der Waals surface area contributed by atoms with Gasteiger partial charge in [0.05, 0.1) is 39.9 Å². The number of amides is 1. The van der Waals surface area contributed by atoms with E-state index in [1.807, 2.05) is 32.0 Å². The first-order valence-corrected chi connectivity index (χ1v) is 10.9. The highest BCUT2D eigenvalue weighted by molar-refractivity contribution is 6.00. The fraction of sp³-hybridized carbons (Fsp3) is 0.375. The molecule has 0 atom stereocenters. The van der Waals surface area contributed by atoms with Crippen LogP contribution in [0.1, 0.15) is 55.5 Å². The van der Waals surface area contributed by atoms with E-state index in [0.29, 0.717) is 22.5 Å². The van der Waals surface area contributed by atoms with E-state index in [4.69, 9.17) is 5.26 Å². The summed E-state index contributed by atoms with van der Waals surface area (Å²) in [5, 5.41) is 19.9. The molecule has 1 aliphatic rings. The highest BCUT2D eigenvalue weighted by atomic mass is 16.1. The summed E-state index contributed by atoms with van der Waals surface area (Å²) in [6, 6.07) is 9.70. The van der Waals surface area contributed by atoms with Crippen LogP contribution >= 0.6 is 0 Å². The van der Waals surface area contributed by atoms with Crippen molar-refractivity contribution in [2.24, 2.45) is 5.92 Å². The molecule has 3 aromatic rings. The second-order valence-electron chi connectivity index (χ2n) is 8.55. The van der Waals surface area contributed by atoms with Crippen LogP contribution in [0, 0.1) is 17.2 Å². The summed E-state index contributed by atoms with van der Waals surface area (Å²) in [4.78, 5) is 28.6. The van der Waals surface area contributed by atoms with Crippen molar-refractivity contribution in [1.82, 2.24) is 19.9 Å². The summed E-state index contributed by atoms with van der Waals surface area (Å²) in [6.07, 6.45) is 7.36. The molecule has 0 saturated heterocycles. The van der Waals surface area contributed by atoms with Gasteiger partial charge in [0.15, 0.2) is 0 Å². The molecule has 3 aromatic heterocycles. The number of fused-ring (bicyclic) bond motifs is 1. The summed E-state index contributed by atoms with van der Waals surface area (Å²) in [5.74, 6) is -0.0597. The Hall–Kier alpha value is -3.73. The van der Waals surface area contributed by atoms with Crippen LogP contribution in [0.25, 0.3) is 16.9 Å². The minimum Gasteiger partial charge on any atom is -0.382 e. The normalized spacial score (nSPS) is 18.3. The average Bonchev–Trinajstić information content (AvgIpc) is 3.22. The molecule has 32 heavy (non-hydrogen) atoms. The van der Waals surface area contributed by atoms with Crippen molar-refractivity contribution in [1.29, 1.82) is 5.26 Å². The molecule has 1 fully saturated rings. The van der Waals surface area contributed by atoms with E-state index in [1.54, 1.807) is 16.8 Å². The predicted octanol–water partition coefficient (Wildman–Crippen LogP) is 3.58. The molecule has 1 aliphatic carbocycles. The highest BCUT2D eigenvalue weighted by Crippen LogP contribution is 2.27. The quantitative estimate of drug-likeness (QED) is 0.578. The monoisotopic (exact) mass is 430 g/mol. The van der Waals surface area contributed by atoms with Crippen LogP contribution in [0.15, 0.2) is 36.7 Å². The number of rotatable bonds is 6. The van der Waals surface area contributed by atoms with Crippen LogP contribution in [0.5, 0.6) is 0 Å². The van der Waals surface area contributed by atoms with Gasteiger partial charge in [-0.25, -0.2) is 4.52 Å². The number of nitrogens with one attached hydrogen (secondary N) is 2. The van der Waals surface area contributed by atoms with Crippen molar-refractivity contribution < 1.29 is 9.59 Å². The van der Waals surface area contributed by atoms with Gasteiger partial charge in [-0.05, 0) is 63.8 Å². The number of carbonyl (C=O) groups excluding carboxylic acids is 2. The molecule has 0 aromatic carbocycles. The summed E-state index contributed by atoms with van der Waals surface area (Å²) >= 11 is 0. The molecule has 0 spiro atoms. The van der Waals surface area contributed by atoms with Crippen LogP contribution in [0.4, 0.5) is 5.69 Å². The Bertz CT molecular complexity index is 1180. The zero-order valence-corrected chi connectivity index (χ0v) is 18.2. The third-order valence-corrected chi connectivity index (χ3v) is 5.78. The van der Waals surface area contributed by atoms with Gasteiger partial charge in [-0.3, -0.25) is 9.78 Å². The van der Waals surface area contributed by atoms with E-state index < -0.39 is 0 Å². The van der Waals surface area contributed by atoms with E-state index in [2.05, 4.69) is 26.8 Å². The maximum atomic E-state index is 13.0. The van der Waals surface area contributed by atoms with Crippen molar-refractivity contribution in [2.45, 2.75) is 51.6 Å². The molecule has 0 unspecified atom stereocenters. The molecule has 0 bridgehead atoms. The molecular formula is C24H26N6O2. The lowest BCUT2D eigenvalue weighted by molar-refractivity contribution is -0.111. The molecule has 2 N–H and O–H groups in total. The fourth-order valence-corrected chi connectivity index (χ4v) is 4.12. The third-order valence-electron chi connectivity index (χ3n) is 5.78. The number of carbonyl (C=O) groups is 2. The van der Waals surface area contributed by atoms with Crippen LogP contribution in [-0.4, -0.2) is 38.9 Å². The van der Waals surface area contributed by atoms with Crippen molar-refractivity contribution in [3.05, 3.63) is 47.8 Å². The number of pyridine rings is 1. The van der Waals surface area contributed by atoms with E-state index in [0.717, 1.165) is 43.2 Å². The Morgan fingerprint density at radius 2 is 2.00 bits per heavy atom. The maximum Gasteiger partial charge on any atom is 0.255 e. The second-order valence-corrected chi connectivity index (χ2v) is 8.55. The summed E-state index contributed by atoms with van der Waals surface area (Å²) in [5.41, 5.74) is 3.93. The first-order chi connectivity index (χ1) is 15.5. The van der Waals surface area contributed by atoms with Gasteiger partial charge in [0.25, 0.3) is 5.91 Å².